The second-order valence-corrected chi connectivity index (χ2v) is 5.17. The van der Waals surface area contributed by atoms with E-state index in [2.05, 4.69) is 11.4 Å². The third-order valence-corrected chi connectivity index (χ3v) is 3.63. The second kappa shape index (κ2) is 8.64. The number of ether oxygens (including phenoxy) is 3. The topological polar surface area (TPSA) is 93.7 Å². The predicted molar refractivity (Wildman–Crippen MR) is 89.6 cm³/mol. The number of furan rings is 1. The lowest BCUT2D eigenvalue weighted by atomic mass is 10.1. The van der Waals surface area contributed by atoms with Crippen molar-refractivity contribution in [1.82, 2.24) is 5.32 Å². The first-order valence-electron chi connectivity index (χ1n) is 7.64. The third-order valence-electron chi connectivity index (χ3n) is 3.63. The number of hydrogen-bond donors (Lipinski definition) is 1. The van der Waals surface area contributed by atoms with Crippen molar-refractivity contribution in [2.75, 3.05) is 21.3 Å². The van der Waals surface area contributed by atoms with E-state index < -0.39 is 6.04 Å². The van der Waals surface area contributed by atoms with Crippen molar-refractivity contribution in [3.63, 3.8) is 0 Å². The fourth-order valence-corrected chi connectivity index (χ4v) is 2.38. The summed E-state index contributed by atoms with van der Waals surface area (Å²) in [4.78, 5) is 12.1. The highest BCUT2D eigenvalue weighted by molar-refractivity contribution is 5.77. The lowest BCUT2D eigenvalue weighted by Gasteiger charge is -2.17. The number of aryl methyl sites for hydroxylation is 1. The van der Waals surface area contributed by atoms with E-state index in [-0.39, 0.29) is 12.3 Å². The van der Waals surface area contributed by atoms with Crippen LogP contribution in [0.15, 0.2) is 34.9 Å². The first-order chi connectivity index (χ1) is 12.1. The molecule has 2 aromatic rings. The van der Waals surface area contributed by atoms with Crippen molar-refractivity contribution in [2.24, 2.45) is 0 Å². The van der Waals surface area contributed by atoms with Crippen LogP contribution in [0.3, 0.4) is 0 Å². The summed E-state index contributed by atoms with van der Waals surface area (Å²) in [6.07, 6.45) is 2.24. The molecule has 25 heavy (non-hydrogen) atoms. The molecule has 0 aliphatic carbocycles. The largest absolute Gasteiger partial charge is 0.493 e. The van der Waals surface area contributed by atoms with Crippen molar-refractivity contribution >= 4 is 5.91 Å². The van der Waals surface area contributed by atoms with Crippen LogP contribution in [0.2, 0.25) is 0 Å². The fourth-order valence-electron chi connectivity index (χ4n) is 2.38. The Balaban J connectivity index is 2.14. The summed E-state index contributed by atoms with van der Waals surface area (Å²) in [5.41, 5.74) is 0.545. The third kappa shape index (κ3) is 4.44. The van der Waals surface area contributed by atoms with E-state index >= 15 is 0 Å². The molecule has 1 aromatic heterocycles. The lowest BCUT2D eigenvalue weighted by Crippen LogP contribution is -2.27. The molecular weight excluding hydrogens is 324 g/mol. The van der Waals surface area contributed by atoms with Crippen LogP contribution < -0.4 is 19.5 Å². The molecule has 0 fully saturated rings. The average Bonchev–Trinajstić information content (AvgIpc) is 3.16. The van der Waals surface area contributed by atoms with Crippen LogP contribution in [-0.4, -0.2) is 27.2 Å². The van der Waals surface area contributed by atoms with Gasteiger partial charge in [-0.25, -0.2) is 0 Å². The number of nitrogens with one attached hydrogen (secondary N) is 1. The van der Waals surface area contributed by atoms with Crippen LogP contribution in [-0.2, 0) is 11.2 Å². The van der Waals surface area contributed by atoms with Gasteiger partial charge in [-0.15, -0.1) is 0 Å². The van der Waals surface area contributed by atoms with E-state index in [4.69, 9.17) is 18.6 Å². The van der Waals surface area contributed by atoms with Crippen LogP contribution in [0.4, 0.5) is 0 Å². The summed E-state index contributed by atoms with van der Waals surface area (Å²) >= 11 is 0. The summed E-state index contributed by atoms with van der Waals surface area (Å²) in [6.45, 7) is 0. The van der Waals surface area contributed by atoms with Crippen LogP contribution in [0.1, 0.15) is 23.8 Å². The zero-order valence-electron chi connectivity index (χ0n) is 14.4. The summed E-state index contributed by atoms with van der Waals surface area (Å²) in [5, 5.41) is 12.1. The molecule has 1 heterocycles. The van der Waals surface area contributed by atoms with E-state index in [1.807, 2.05) is 0 Å². The number of carbonyl (C=O) groups is 1. The molecule has 0 radical (unpaired) electrons. The molecule has 0 spiro atoms. The van der Waals surface area contributed by atoms with E-state index in [0.29, 0.717) is 29.2 Å². The summed E-state index contributed by atoms with van der Waals surface area (Å²) < 4.78 is 21.0. The first-order valence-corrected chi connectivity index (χ1v) is 7.64. The number of methoxy groups -OCH3 is 3. The maximum atomic E-state index is 12.1. The van der Waals surface area contributed by atoms with E-state index in [1.165, 1.54) is 21.3 Å². The van der Waals surface area contributed by atoms with Crippen LogP contribution >= 0.6 is 0 Å². The van der Waals surface area contributed by atoms with Gasteiger partial charge in [0.05, 0.1) is 33.7 Å². The average molecular weight is 344 g/mol. The number of rotatable bonds is 8. The summed E-state index contributed by atoms with van der Waals surface area (Å²) in [6, 6.07) is 8.09. The smallest absolute Gasteiger partial charge is 0.221 e. The molecule has 0 aliphatic heterocycles. The molecule has 0 unspecified atom stereocenters. The van der Waals surface area contributed by atoms with Gasteiger partial charge in [0.15, 0.2) is 11.5 Å². The molecule has 7 heteroatoms. The Labute approximate surface area is 146 Å². The maximum absolute atomic E-state index is 12.1. The lowest BCUT2D eigenvalue weighted by molar-refractivity contribution is -0.121. The normalized spacial score (nSPS) is 11.3. The monoisotopic (exact) mass is 344 g/mol. The molecule has 132 valence electrons. The minimum absolute atomic E-state index is 0.218. The van der Waals surface area contributed by atoms with Gasteiger partial charge < -0.3 is 23.9 Å². The predicted octanol–water partition coefficient (Wildman–Crippen LogP) is 2.62. The Morgan fingerprint density at radius 3 is 2.40 bits per heavy atom. The van der Waals surface area contributed by atoms with Crippen molar-refractivity contribution < 1.29 is 23.4 Å². The van der Waals surface area contributed by atoms with Crippen LogP contribution in [0, 0.1) is 11.3 Å². The number of nitrogens with zero attached hydrogens (tertiary/aromatic N) is 1. The van der Waals surface area contributed by atoms with E-state index in [9.17, 15) is 10.1 Å². The van der Waals surface area contributed by atoms with Crippen molar-refractivity contribution in [1.29, 1.82) is 5.26 Å². The second-order valence-electron chi connectivity index (χ2n) is 5.17. The molecule has 0 saturated heterocycles. The molecule has 7 nitrogen and oxygen atoms in total. The Bertz CT molecular complexity index is 724. The van der Waals surface area contributed by atoms with Gasteiger partial charge >= 0.3 is 0 Å². The highest BCUT2D eigenvalue weighted by atomic mass is 16.5. The Kier molecular flexibility index (Phi) is 6.29. The van der Waals surface area contributed by atoms with Crippen molar-refractivity contribution in [2.45, 2.75) is 18.9 Å². The molecular formula is C18H20N2O5. The van der Waals surface area contributed by atoms with Crippen LogP contribution in [0.5, 0.6) is 17.2 Å². The Morgan fingerprint density at radius 1 is 1.24 bits per heavy atom. The van der Waals surface area contributed by atoms with Gasteiger partial charge in [0.2, 0.25) is 11.7 Å². The minimum atomic E-state index is -0.835. The number of nitriles is 1. The Hall–Kier alpha value is -3.14. The standard InChI is InChI=1S/C18H20N2O5/c1-22-15-9-12(10-16(23-2)18(15)24-3)14(11-19)20-17(21)7-6-13-5-4-8-25-13/h4-5,8-10,14H,6-7H2,1-3H3,(H,20,21)/t14-/m0/s1. The number of benzene rings is 1. The van der Waals surface area contributed by atoms with Gasteiger partial charge in [0.25, 0.3) is 0 Å². The van der Waals surface area contributed by atoms with Crippen LogP contribution in [0.25, 0.3) is 0 Å². The van der Waals surface area contributed by atoms with Gasteiger partial charge in [0, 0.05) is 12.8 Å². The number of hydrogen-bond acceptors (Lipinski definition) is 6. The fraction of sp³-hybridized carbons (Fsp3) is 0.333. The number of amides is 1. The minimum Gasteiger partial charge on any atom is -0.493 e. The molecule has 0 bridgehead atoms. The zero-order chi connectivity index (χ0) is 18.2. The molecule has 0 saturated carbocycles. The zero-order valence-corrected chi connectivity index (χ0v) is 14.4. The van der Waals surface area contributed by atoms with Gasteiger partial charge in [-0.3, -0.25) is 4.79 Å². The van der Waals surface area contributed by atoms with Gasteiger partial charge in [-0.05, 0) is 29.8 Å². The van der Waals surface area contributed by atoms with Crippen molar-refractivity contribution in [3.8, 4) is 23.3 Å². The molecule has 1 aromatic carbocycles. The number of carbonyl (C=O) groups excluding carboxylic acids is 1. The summed E-state index contributed by atoms with van der Waals surface area (Å²) in [7, 11) is 4.48. The molecule has 2 rings (SSSR count). The first kappa shape index (κ1) is 18.2. The van der Waals surface area contributed by atoms with Crippen molar-refractivity contribution in [3.05, 3.63) is 41.9 Å². The molecule has 0 aliphatic rings. The Morgan fingerprint density at radius 2 is 1.92 bits per heavy atom. The highest BCUT2D eigenvalue weighted by Crippen LogP contribution is 2.39. The van der Waals surface area contributed by atoms with Gasteiger partial charge in [-0.1, -0.05) is 0 Å². The quantitative estimate of drug-likeness (QED) is 0.791. The van der Waals surface area contributed by atoms with E-state index in [1.54, 1.807) is 30.5 Å². The highest BCUT2D eigenvalue weighted by Gasteiger charge is 2.20. The molecule has 1 amide bonds. The maximum Gasteiger partial charge on any atom is 0.221 e. The molecule has 1 atom stereocenters. The van der Waals surface area contributed by atoms with Gasteiger partial charge in [0.1, 0.15) is 11.8 Å². The summed E-state index contributed by atoms with van der Waals surface area (Å²) in [5.74, 6) is 1.73. The SMILES string of the molecule is COc1cc([C@H](C#N)NC(=O)CCc2ccco2)cc(OC)c1OC. The van der Waals surface area contributed by atoms with Gasteiger partial charge in [-0.2, -0.15) is 5.26 Å². The van der Waals surface area contributed by atoms with E-state index in [0.717, 1.165) is 5.76 Å². The molecule has 1 N–H and O–H groups in total.